The molecule has 2 fully saturated rings. The zero-order chi connectivity index (χ0) is 14.9. The van der Waals surface area contributed by atoms with Crippen molar-refractivity contribution in [1.29, 1.82) is 0 Å². The van der Waals surface area contributed by atoms with Gasteiger partial charge in [-0.2, -0.15) is 13.2 Å². The molecule has 0 spiro atoms. The van der Waals surface area contributed by atoms with Crippen LogP contribution >= 0.6 is 0 Å². The second-order valence-corrected chi connectivity index (χ2v) is 5.72. The van der Waals surface area contributed by atoms with Gasteiger partial charge >= 0.3 is 6.18 Å². The molecule has 2 unspecified atom stereocenters. The highest BCUT2D eigenvalue weighted by Gasteiger charge is 2.47. The van der Waals surface area contributed by atoms with Crippen molar-refractivity contribution in [3.63, 3.8) is 0 Å². The minimum Gasteiger partial charge on any atom is -0.362 e. The molecular weight excluding hydrogens is 283 g/mol. The quantitative estimate of drug-likeness (QED) is 0.842. The topological polar surface area (TPSA) is 38.2 Å². The molecule has 116 valence electrons. The Hall–Kier alpha value is -1.37. The summed E-state index contributed by atoms with van der Waals surface area (Å²) in [5, 5.41) is 0. The van der Waals surface area contributed by atoms with Crippen molar-refractivity contribution >= 4 is 5.82 Å². The highest BCUT2D eigenvalue weighted by atomic mass is 19.4. The number of nitrogens with zero attached hydrogens (tertiary/aromatic N) is 3. The summed E-state index contributed by atoms with van der Waals surface area (Å²) in [5.41, 5.74) is 0. The van der Waals surface area contributed by atoms with Crippen molar-refractivity contribution in [1.82, 2.24) is 9.97 Å². The van der Waals surface area contributed by atoms with Crippen LogP contribution in [0.25, 0.3) is 0 Å². The number of hydrogen-bond donors (Lipinski definition) is 0. The van der Waals surface area contributed by atoms with Crippen molar-refractivity contribution < 1.29 is 17.9 Å². The first kappa shape index (κ1) is 14.6. The monoisotopic (exact) mass is 301 g/mol. The van der Waals surface area contributed by atoms with E-state index in [4.69, 9.17) is 4.74 Å². The molecule has 1 aromatic rings. The molecule has 7 heteroatoms. The molecule has 0 N–H and O–H groups in total. The molecule has 2 heterocycles. The fraction of sp³-hybridized carbons (Fsp3) is 0.714. The smallest absolute Gasteiger partial charge is 0.362 e. The number of halogens is 3. The van der Waals surface area contributed by atoms with E-state index < -0.39 is 12.3 Å². The van der Waals surface area contributed by atoms with Gasteiger partial charge in [0.15, 0.2) is 6.10 Å². The maximum absolute atomic E-state index is 13.1. The molecule has 0 radical (unpaired) electrons. The Morgan fingerprint density at radius 3 is 2.52 bits per heavy atom. The normalized spacial score (nSPS) is 28.0. The number of hydrogen-bond acceptors (Lipinski definition) is 4. The Balaban J connectivity index is 1.80. The number of alkyl halides is 3. The fourth-order valence-electron chi connectivity index (χ4n) is 3.20. The van der Waals surface area contributed by atoms with E-state index in [-0.39, 0.29) is 18.6 Å². The number of ether oxygens (including phenoxy) is 1. The summed E-state index contributed by atoms with van der Waals surface area (Å²) in [4.78, 5) is 9.71. The average Bonchev–Trinajstić information content (AvgIpc) is 3.01. The summed E-state index contributed by atoms with van der Waals surface area (Å²) >= 11 is 0. The summed E-state index contributed by atoms with van der Waals surface area (Å²) in [7, 11) is 0. The molecule has 0 aromatic carbocycles. The van der Waals surface area contributed by atoms with Crippen LogP contribution in [0.4, 0.5) is 19.0 Å². The van der Waals surface area contributed by atoms with Crippen LogP contribution in [0, 0.1) is 5.92 Å². The Kier molecular flexibility index (Phi) is 4.01. The van der Waals surface area contributed by atoms with E-state index in [1.807, 2.05) is 0 Å². The van der Waals surface area contributed by atoms with Gasteiger partial charge in [0.2, 0.25) is 0 Å². The van der Waals surface area contributed by atoms with Crippen molar-refractivity contribution in [3.05, 3.63) is 18.6 Å². The van der Waals surface area contributed by atoms with Gasteiger partial charge in [-0.1, -0.05) is 12.8 Å². The van der Waals surface area contributed by atoms with Crippen molar-refractivity contribution in [2.75, 3.05) is 18.0 Å². The molecule has 2 aliphatic rings. The third kappa shape index (κ3) is 3.28. The zero-order valence-electron chi connectivity index (χ0n) is 11.6. The standard InChI is InChI=1S/C14H18F3N3O/c15-14(16,17)12-9-20(13-7-18-5-6-19-13)8-11(21-12)10-3-1-2-4-10/h5-7,10-12H,1-4,8-9H2. The van der Waals surface area contributed by atoms with Crippen LogP contribution in [0.1, 0.15) is 25.7 Å². The molecule has 1 aromatic heterocycles. The SMILES string of the molecule is FC(F)(F)C1CN(c2cnccn2)CC(C2CCCC2)O1. The number of anilines is 1. The first-order valence-electron chi connectivity index (χ1n) is 7.27. The van der Waals surface area contributed by atoms with Gasteiger partial charge in [0.25, 0.3) is 0 Å². The third-order valence-electron chi connectivity index (χ3n) is 4.29. The first-order chi connectivity index (χ1) is 10.0. The third-order valence-corrected chi connectivity index (χ3v) is 4.29. The van der Waals surface area contributed by atoms with E-state index in [1.165, 1.54) is 18.6 Å². The highest BCUT2D eigenvalue weighted by molar-refractivity contribution is 5.36. The van der Waals surface area contributed by atoms with Gasteiger partial charge in [-0.25, -0.2) is 4.98 Å². The largest absolute Gasteiger partial charge is 0.416 e. The Morgan fingerprint density at radius 1 is 1.14 bits per heavy atom. The number of rotatable bonds is 2. The number of aromatic nitrogens is 2. The summed E-state index contributed by atoms with van der Waals surface area (Å²) < 4.78 is 44.7. The van der Waals surface area contributed by atoms with Crippen LogP contribution in [0.15, 0.2) is 18.6 Å². The minimum absolute atomic E-state index is 0.217. The van der Waals surface area contributed by atoms with Crippen molar-refractivity contribution in [2.24, 2.45) is 5.92 Å². The second-order valence-electron chi connectivity index (χ2n) is 5.72. The Bertz CT molecular complexity index is 462. The van der Waals surface area contributed by atoms with Gasteiger partial charge in [-0.3, -0.25) is 4.98 Å². The first-order valence-corrected chi connectivity index (χ1v) is 7.27. The van der Waals surface area contributed by atoms with E-state index >= 15 is 0 Å². The molecule has 1 saturated carbocycles. The molecule has 2 atom stereocenters. The minimum atomic E-state index is -4.35. The van der Waals surface area contributed by atoms with Crippen LogP contribution < -0.4 is 4.90 Å². The van der Waals surface area contributed by atoms with Gasteiger partial charge < -0.3 is 9.64 Å². The lowest BCUT2D eigenvalue weighted by molar-refractivity contribution is -0.241. The summed E-state index contributed by atoms with van der Waals surface area (Å²) in [5.74, 6) is 0.701. The van der Waals surface area contributed by atoms with Crippen molar-refractivity contribution in [2.45, 2.75) is 44.1 Å². The lowest BCUT2D eigenvalue weighted by atomic mass is 9.98. The van der Waals surface area contributed by atoms with Gasteiger partial charge in [0.05, 0.1) is 18.8 Å². The van der Waals surface area contributed by atoms with Crippen LogP contribution in [0.3, 0.4) is 0 Å². The van der Waals surface area contributed by atoms with Gasteiger partial charge in [-0.15, -0.1) is 0 Å². The molecule has 0 amide bonds. The molecule has 21 heavy (non-hydrogen) atoms. The average molecular weight is 301 g/mol. The maximum Gasteiger partial charge on any atom is 0.416 e. The maximum atomic E-state index is 13.1. The summed E-state index contributed by atoms with van der Waals surface area (Å²) in [6.07, 6.45) is 2.08. The molecule has 1 saturated heterocycles. The summed E-state index contributed by atoms with van der Waals surface area (Å²) in [6, 6.07) is 0. The lowest BCUT2D eigenvalue weighted by Gasteiger charge is -2.41. The van der Waals surface area contributed by atoms with E-state index in [1.54, 1.807) is 4.90 Å². The molecule has 1 aliphatic heterocycles. The molecule has 3 rings (SSSR count). The molecule has 4 nitrogen and oxygen atoms in total. The highest BCUT2D eigenvalue weighted by Crippen LogP contribution is 2.36. The lowest BCUT2D eigenvalue weighted by Crippen LogP contribution is -2.55. The van der Waals surface area contributed by atoms with Crippen molar-refractivity contribution in [3.8, 4) is 0 Å². The molecule has 0 bridgehead atoms. The van der Waals surface area contributed by atoms with Crippen LogP contribution in [0.5, 0.6) is 0 Å². The zero-order valence-corrected chi connectivity index (χ0v) is 11.6. The molecular formula is C14H18F3N3O. The van der Waals surface area contributed by atoms with Crippen LogP contribution in [-0.4, -0.2) is 41.4 Å². The Morgan fingerprint density at radius 2 is 1.90 bits per heavy atom. The van der Waals surface area contributed by atoms with E-state index in [0.717, 1.165) is 25.7 Å². The van der Waals surface area contributed by atoms with Gasteiger partial charge in [0, 0.05) is 18.9 Å². The Labute approximate surface area is 121 Å². The van der Waals surface area contributed by atoms with E-state index in [0.29, 0.717) is 12.4 Å². The van der Waals surface area contributed by atoms with Crippen LogP contribution in [-0.2, 0) is 4.74 Å². The fourth-order valence-corrected chi connectivity index (χ4v) is 3.20. The van der Waals surface area contributed by atoms with E-state index in [2.05, 4.69) is 9.97 Å². The van der Waals surface area contributed by atoms with E-state index in [9.17, 15) is 13.2 Å². The number of morpholine rings is 1. The van der Waals surface area contributed by atoms with Gasteiger partial charge in [0.1, 0.15) is 5.82 Å². The summed E-state index contributed by atoms with van der Waals surface area (Å²) in [6.45, 7) is 0.237. The predicted molar refractivity (Wildman–Crippen MR) is 70.9 cm³/mol. The predicted octanol–water partition coefficient (Wildman–Crippen LogP) is 2.80. The van der Waals surface area contributed by atoms with Crippen LogP contribution in [0.2, 0.25) is 0 Å². The second kappa shape index (κ2) is 5.79. The molecule has 1 aliphatic carbocycles. The van der Waals surface area contributed by atoms with Gasteiger partial charge in [-0.05, 0) is 18.8 Å².